The Balaban J connectivity index is 2.36. The van der Waals surface area contributed by atoms with E-state index >= 15 is 0 Å². The number of rotatable bonds is 1. The minimum absolute atomic E-state index is 0.304. The van der Waals surface area contributed by atoms with Crippen LogP contribution in [0.3, 0.4) is 0 Å². The fourth-order valence-electron chi connectivity index (χ4n) is 1.80. The Morgan fingerprint density at radius 2 is 2.19 bits per heavy atom. The van der Waals surface area contributed by atoms with Crippen molar-refractivity contribution in [3.8, 4) is 11.1 Å². The van der Waals surface area contributed by atoms with Gasteiger partial charge in [-0.2, -0.15) is 0 Å². The highest BCUT2D eigenvalue weighted by atomic mass is 35.5. The van der Waals surface area contributed by atoms with Gasteiger partial charge >= 0.3 is 0 Å². The molecular weight excluding hydrogens is 226 g/mol. The average Bonchev–Trinajstić information content (AvgIpc) is 2.86. The molecule has 0 aliphatic carbocycles. The molecule has 0 aliphatic heterocycles. The van der Waals surface area contributed by atoms with E-state index in [9.17, 15) is 0 Å². The fraction of sp³-hybridized carbons (Fsp3) is 0. The summed E-state index contributed by atoms with van der Waals surface area (Å²) in [7, 11) is 0. The topological polar surface area (TPSA) is 67.8 Å². The quantitative estimate of drug-likeness (QED) is 0.679. The molecule has 1 aromatic carbocycles. The van der Waals surface area contributed by atoms with Crippen LogP contribution in [0.15, 0.2) is 35.1 Å². The number of fused-ring (bicyclic) bond motifs is 1. The van der Waals surface area contributed by atoms with Crippen molar-refractivity contribution in [2.45, 2.75) is 0 Å². The summed E-state index contributed by atoms with van der Waals surface area (Å²) in [4.78, 5) is 3.12. The number of benzene rings is 1. The predicted octanol–water partition coefficient (Wildman–Crippen LogP) is 3.06. The number of aromatic amines is 1. The maximum absolute atomic E-state index is 6.04. The van der Waals surface area contributed by atoms with Gasteiger partial charge in [-0.25, -0.2) is 0 Å². The van der Waals surface area contributed by atoms with Crippen LogP contribution in [0.25, 0.3) is 22.0 Å². The second-order valence-corrected chi connectivity index (χ2v) is 3.88. The van der Waals surface area contributed by atoms with E-state index in [2.05, 4.69) is 10.1 Å². The molecule has 0 spiro atoms. The maximum atomic E-state index is 6.04. The van der Waals surface area contributed by atoms with Crippen LogP contribution in [0, 0.1) is 0 Å². The molecule has 5 heteroatoms. The Hall–Kier alpha value is -1.94. The summed E-state index contributed by atoms with van der Waals surface area (Å²) in [6, 6.07) is 5.81. The van der Waals surface area contributed by atoms with E-state index < -0.39 is 0 Å². The molecule has 2 aromatic heterocycles. The number of H-pyrrole nitrogens is 1. The highest BCUT2D eigenvalue weighted by Crippen LogP contribution is 2.34. The van der Waals surface area contributed by atoms with Crippen LogP contribution in [0.1, 0.15) is 0 Å². The lowest BCUT2D eigenvalue weighted by molar-refractivity contribution is 0.436. The largest absolute Gasteiger partial charge is 0.367 e. The number of nitrogens with zero attached hydrogens (tertiary/aromatic N) is 1. The van der Waals surface area contributed by atoms with Gasteiger partial charge in [0.2, 0.25) is 5.88 Å². The smallest absolute Gasteiger partial charge is 0.230 e. The number of para-hydroxylation sites is 1. The number of hydrogen-bond acceptors (Lipinski definition) is 3. The molecule has 0 bridgehead atoms. The van der Waals surface area contributed by atoms with Gasteiger partial charge in [0.05, 0.1) is 22.3 Å². The second kappa shape index (κ2) is 3.28. The predicted molar refractivity (Wildman–Crippen MR) is 63.2 cm³/mol. The van der Waals surface area contributed by atoms with E-state index in [1.807, 2.05) is 18.2 Å². The third-order valence-electron chi connectivity index (χ3n) is 2.55. The molecule has 0 saturated carbocycles. The first kappa shape index (κ1) is 9.30. The van der Waals surface area contributed by atoms with Crippen molar-refractivity contribution in [1.82, 2.24) is 10.1 Å². The standard InChI is InChI=1S/C11H8ClN3O/c12-9-5-14-10-6(2-1-3-7(9)10)8-4-15-16-11(8)13/h1-5,14H,13H2. The third-order valence-corrected chi connectivity index (χ3v) is 2.87. The Morgan fingerprint density at radius 3 is 2.94 bits per heavy atom. The van der Waals surface area contributed by atoms with Crippen molar-refractivity contribution in [2.75, 3.05) is 5.73 Å². The molecule has 0 saturated heterocycles. The van der Waals surface area contributed by atoms with Crippen LogP contribution in [0.2, 0.25) is 5.02 Å². The lowest BCUT2D eigenvalue weighted by Gasteiger charge is -2.00. The summed E-state index contributed by atoms with van der Waals surface area (Å²) in [5.41, 5.74) is 8.33. The molecule has 0 atom stereocenters. The first-order valence-corrected chi connectivity index (χ1v) is 5.11. The van der Waals surface area contributed by atoms with Gasteiger partial charge in [-0.05, 0) is 0 Å². The Kier molecular flexibility index (Phi) is 1.91. The first-order valence-electron chi connectivity index (χ1n) is 4.73. The third kappa shape index (κ3) is 1.20. The van der Waals surface area contributed by atoms with Crippen LogP contribution in [-0.2, 0) is 0 Å². The van der Waals surface area contributed by atoms with Crippen molar-refractivity contribution in [2.24, 2.45) is 0 Å². The zero-order valence-corrected chi connectivity index (χ0v) is 8.95. The minimum atomic E-state index is 0.304. The van der Waals surface area contributed by atoms with Gasteiger partial charge in [-0.3, -0.25) is 0 Å². The summed E-state index contributed by atoms with van der Waals surface area (Å²) in [6.07, 6.45) is 3.35. The second-order valence-electron chi connectivity index (χ2n) is 3.47. The molecule has 16 heavy (non-hydrogen) atoms. The van der Waals surface area contributed by atoms with Gasteiger partial charge < -0.3 is 15.2 Å². The van der Waals surface area contributed by atoms with E-state index in [4.69, 9.17) is 21.9 Å². The first-order chi connectivity index (χ1) is 7.77. The van der Waals surface area contributed by atoms with Gasteiger partial charge in [0.25, 0.3) is 0 Å². The lowest BCUT2D eigenvalue weighted by Crippen LogP contribution is -1.85. The van der Waals surface area contributed by atoms with Crippen molar-refractivity contribution in [3.63, 3.8) is 0 Å². The van der Waals surface area contributed by atoms with Crippen LogP contribution < -0.4 is 5.73 Å². The number of anilines is 1. The monoisotopic (exact) mass is 233 g/mol. The van der Waals surface area contributed by atoms with E-state index in [-0.39, 0.29) is 0 Å². The van der Waals surface area contributed by atoms with Crippen LogP contribution >= 0.6 is 11.6 Å². The van der Waals surface area contributed by atoms with Gasteiger partial charge in [0, 0.05) is 17.1 Å². The Labute approximate surface area is 96.0 Å². The fourth-order valence-corrected chi connectivity index (χ4v) is 2.01. The normalized spacial score (nSPS) is 11.1. The SMILES string of the molecule is Nc1oncc1-c1cccc2c(Cl)c[nH]c12. The summed E-state index contributed by atoms with van der Waals surface area (Å²) in [6.45, 7) is 0. The molecule has 0 radical (unpaired) electrons. The van der Waals surface area contributed by atoms with E-state index in [0.717, 1.165) is 22.0 Å². The van der Waals surface area contributed by atoms with E-state index in [0.29, 0.717) is 10.9 Å². The van der Waals surface area contributed by atoms with E-state index in [1.54, 1.807) is 12.4 Å². The molecule has 0 fully saturated rings. The zero-order chi connectivity index (χ0) is 11.1. The molecule has 0 amide bonds. The zero-order valence-electron chi connectivity index (χ0n) is 8.20. The molecule has 0 aliphatic rings. The molecule has 0 unspecified atom stereocenters. The summed E-state index contributed by atoms with van der Waals surface area (Å²) < 4.78 is 4.86. The summed E-state index contributed by atoms with van der Waals surface area (Å²) in [5, 5.41) is 5.31. The summed E-state index contributed by atoms with van der Waals surface area (Å²) in [5.74, 6) is 0.304. The van der Waals surface area contributed by atoms with Crippen molar-refractivity contribution >= 4 is 28.4 Å². The molecule has 4 nitrogen and oxygen atoms in total. The average molecular weight is 234 g/mol. The lowest BCUT2D eigenvalue weighted by atomic mass is 10.1. The van der Waals surface area contributed by atoms with Crippen LogP contribution in [0.4, 0.5) is 5.88 Å². The van der Waals surface area contributed by atoms with E-state index in [1.165, 1.54) is 0 Å². The number of nitrogens with two attached hydrogens (primary N) is 1. The van der Waals surface area contributed by atoms with Gasteiger partial charge in [0.15, 0.2) is 0 Å². The number of halogens is 1. The van der Waals surface area contributed by atoms with Crippen molar-refractivity contribution in [3.05, 3.63) is 35.6 Å². The van der Waals surface area contributed by atoms with Crippen LogP contribution in [-0.4, -0.2) is 10.1 Å². The molecule has 2 heterocycles. The van der Waals surface area contributed by atoms with Crippen molar-refractivity contribution in [1.29, 1.82) is 0 Å². The van der Waals surface area contributed by atoms with Crippen molar-refractivity contribution < 1.29 is 4.52 Å². The molecule has 3 aromatic rings. The number of nitrogen functional groups attached to an aromatic ring is 1. The maximum Gasteiger partial charge on any atom is 0.230 e. The molecular formula is C11H8ClN3O. The molecule has 3 N–H and O–H groups in total. The van der Waals surface area contributed by atoms with Gasteiger partial charge in [-0.15, -0.1) is 0 Å². The number of nitrogens with one attached hydrogen (secondary N) is 1. The summed E-state index contributed by atoms with van der Waals surface area (Å²) >= 11 is 6.04. The van der Waals surface area contributed by atoms with Gasteiger partial charge in [-0.1, -0.05) is 35.0 Å². The number of aromatic nitrogens is 2. The molecule has 80 valence electrons. The minimum Gasteiger partial charge on any atom is -0.367 e. The highest BCUT2D eigenvalue weighted by molar-refractivity contribution is 6.36. The highest BCUT2D eigenvalue weighted by Gasteiger charge is 2.12. The van der Waals surface area contributed by atoms with Crippen LogP contribution in [0.5, 0.6) is 0 Å². The number of hydrogen-bond donors (Lipinski definition) is 2. The Bertz CT molecular complexity index is 656. The Morgan fingerprint density at radius 1 is 1.31 bits per heavy atom. The van der Waals surface area contributed by atoms with Gasteiger partial charge in [0.1, 0.15) is 0 Å². The molecule has 3 rings (SSSR count).